The molecular weight excluding hydrogens is 174 g/mol. The molecule has 1 atom stereocenters. The Morgan fingerprint density at radius 1 is 1.43 bits per heavy atom. The molecule has 0 aliphatic heterocycles. The topological polar surface area (TPSA) is 43.8 Å². The molecular formula is C11H21N3. The Morgan fingerprint density at radius 2 is 2.21 bits per heavy atom. The number of hydrogen-bond donors (Lipinski definition) is 1. The molecule has 0 radical (unpaired) electrons. The minimum Gasteiger partial charge on any atom is -0.384 e. The zero-order valence-electron chi connectivity index (χ0n) is 9.24. The molecule has 1 unspecified atom stereocenters. The lowest BCUT2D eigenvalue weighted by Crippen LogP contribution is -2.07. The van der Waals surface area contributed by atoms with Gasteiger partial charge in [-0.1, -0.05) is 32.6 Å². The predicted molar refractivity (Wildman–Crippen MR) is 60.1 cm³/mol. The second kappa shape index (κ2) is 5.68. The van der Waals surface area contributed by atoms with E-state index < -0.39 is 0 Å². The Morgan fingerprint density at radius 3 is 2.79 bits per heavy atom. The highest BCUT2D eigenvalue weighted by molar-refractivity contribution is 5.25. The van der Waals surface area contributed by atoms with Crippen molar-refractivity contribution in [2.75, 3.05) is 5.73 Å². The van der Waals surface area contributed by atoms with Gasteiger partial charge in [-0.15, -0.1) is 0 Å². The zero-order valence-corrected chi connectivity index (χ0v) is 9.24. The molecule has 0 spiro atoms. The first-order valence-electron chi connectivity index (χ1n) is 5.53. The highest BCUT2D eigenvalue weighted by Gasteiger charge is 2.06. The van der Waals surface area contributed by atoms with Gasteiger partial charge in [0.15, 0.2) is 0 Å². The SMILES string of the molecule is CCCCCCC(C)n1cncc1N. The maximum Gasteiger partial charge on any atom is 0.123 e. The fourth-order valence-corrected chi connectivity index (χ4v) is 1.69. The fraction of sp³-hybridized carbons (Fsp3) is 0.727. The van der Waals surface area contributed by atoms with Crippen molar-refractivity contribution in [1.29, 1.82) is 0 Å². The first-order chi connectivity index (χ1) is 6.75. The zero-order chi connectivity index (χ0) is 10.4. The molecule has 1 aromatic heterocycles. The van der Waals surface area contributed by atoms with Gasteiger partial charge in [0.1, 0.15) is 5.82 Å². The van der Waals surface area contributed by atoms with Crippen molar-refractivity contribution in [3.8, 4) is 0 Å². The number of aromatic nitrogens is 2. The van der Waals surface area contributed by atoms with Gasteiger partial charge >= 0.3 is 0 Å². The summed E-state index contributed by atoms with van der Waals surface area (Å²) < 4.78 is 2.05. The van der Waals surface area contributed by atoms with Gasteiger partial charge in [0, 0.05) is 6.04 Å². The first-order valence-corrected chi connectivity index (χ1v) is 5.53. The molecule has 0 saturated heterocycles. The number of nitrogens with two attached hydrogens (primary N) is 1. The lowest BCUT2D eigenvalue weighted by atomic mass is 10.1. The minimum atomic E-state index is 0.481. The van der Waals surface area contributed by atoms with E-state index in [9.17, 15) is 0 Å². The van der Waals surface area contributed by atoms with E-state index in [0.717, 1.165) is 5.82 Å². The molecule has 0 aliphatic carbocycles. The van der Waals surface area contributed by atoms with Crippen LogP contribution in [0.3, 0.4) is 0 Å². The van der Waals surface area contributed by atoms with Crippen molar-refractivity contribution < 1.29 is 0 Å². The third-order valence-electron chi connectivity index (χ3n) is 2.65. The van der Waals surface area contributed by atoms with Gasteiger partial charge in [0.2, 0.25) is 0 Å². The van der Waals surface area contributed by atoms with Crippen LogP contribution in [0, 0.1) is 0 Å². The maximum atomic E-state index is 5.77. The highest BCUT2D eigenvalue weighted by Crippen LogP contribution is 2.18. The van der Waals surface area contributed by atoms with E-state index in [4.69, 9.17) is 5.73 Å². The van der Waals surface area contributed by atoms with E-state index in [1.165, 1.54) is 32.1 Å². The van der Waals surface area contributed by atoms with Crippen LogP contribution >= 0.6 is 0 Å². The van der Waals surface area contributed by atoms with Crippen LogP contribution in [0.1, 0.15) is 52.0 Å². The van der Waals surface area contributed by atoms with Gasteiger partial charge in [-0.25, -0.2) is 4.98 Å². The Labute approximate surface area is 86.3 Å². The largest absolute Gasteiger partial charge is 0.384 e. The molecule has 1 aromatic rings. The van der Waals surface area contributed by atoms with E-state index in [0.29, 0.717) is 6.04 Å². The number of unbranched alkanes of at least 4 members (excludes halogenated alkanes) is 3. The van der Waals surface area contributed by atoms with Crippen LogP contribution in [0.5, 0.6) is 0 Å². The number of nitrogens with zero attached hydrogens (tertiary/aromatic N) is 2. The molecule has 14 heavy (non-hydrogen) atoms. The van der Waals surface area contributed by atoms with E-state index in [1.54, 1.807) is 6.20 Å². The van der Waals surface area contributed by atoms with Gasteiger partial charge in [0.25, 0.3) is 0 Å². The molecule has 3 heteroatoms. The van der Waals surface area contributed by atoms with Crippen molar-refractivity contribution in [1.82, 2.24) is 9.55 Å². The van der Waals surface area contributed by atoms with E-state index in [1.807, 2.05) is 10.9 Å². The highest BCUT2D eigenvalue weighted by atomic mass is 15.1. The quantitative estimate of drug-likeness (QED) is 0.709. The number of rotatable bonds is 6. The van der Waals surface area contributed by atoms with Crippen LogP contribution in [0.25, 0.3) is 0 Å². The summed E-state index contributed by atoms with van der Waals surface area (Å²) in [5.74, 6) is 0.771. The summed E-state index contributed by atoms with van der Waals surface area (Å²) in [5.41, 5.74) is 5.77. The molecule has 1 rings (SSSR count). The third-order valence-corrected chi connectivity index (χ3v) is 2.65. The Hall–Kier alpha value is -0.990. The van der Waals surface area contributed by atoms with Gasteiger partial charge < -0.3 is 10.3 Å². The molecule has 0 fully saturated rings. The van der Waals surface area contributed by atoms with Crippen LogP contribution in [0.4, 0.5) is 5.82 Å². The Kier molecular flexibility index (Phi) is 4.50. The number of hydrogen-bond acceptors (Lipinski definition) is 2. The van der Waals surface area contributed by atoms with Crippen molar-refractivity contribution in [3.63, 3.8) is 0 Å². The molecule has 2 N–H and O–H groups in total. The van der Waals surface area contributed by atoms with Crippen molar-refractivity contribution in [2.24, 2.45) is 0 Å². The van der Waals surface area contributed by atoms with Gasteiger partial charge in [0.05, 0.1) is 12.5 Å². The maximum absolute atomic E-state index is 5.77. The van der Waals surface area contributed by atoms with Gasteiger partial charge in [-0.05, 0) is 13.3 Å². The summed E-state index contributed by atoms with van der Waals surface area (Å²) in [7, 11) is 0. The van der Waals surface area contributed by atoms with Crippen LogP contribution in [-0.2, 0) is 0 Å². The van der Waals surface area contributed by atoms with Crippen LogP contribution in [-0.4, -0.2) is 9.55 Å². The molecule has 0 aliphatic rings. The lowest BCUT2D eigenvalue weighted by molar-refractivity contribution is 0.476. The second-order valence-corrected chi connectivity index (χ2v) is 3.92. The van der Waals surface area contributed by atoms with Crippen molar-refractivity contribution in [2.45, 2.75) is 52.0 Å². The van der Waals surface area contributed by atoms with E-state index in [-0.39, 0.29) is 0 Å². The van der Waals surface area contributed by atoms with Crippen molar-refractivity contribution in [3.05, 3.63) is 12.5 Å². The fourth-order valence-electron chi connectivity index (χ4n) is 1.69. The smallest absolute Gasteiger partial charge is 0.123 e. The molecule has 0 bridgehead atoms. The van der Waals surface area contributed by atoms with Crippen LogP contribution in [0.2, 0.25) is 0 Å². The summed E-state index contributed by atoms with van der Waals surface area (Å²) in [6.07, 6.45) is 9.97. The normalized spacial score (nSPS) is 13.0. The average Bonchev–Trinajstić information content (AvgIpc) is 2.59. The number of nitrogen functional groups attached to an aromatic ring is 1. The Balaban J connectivity index is 2.28. The second-order valence-electron chi connectivity index (χ2n) is 3.92. The molecule has 1 heterocycles. The summed E-state index contributed by atoms with van der Waals surface area (Å²) in [6, 6.07) is 0.481. The summed E-state index contributed by atoms with van der Waals surface area (Å²) >= 11 is 0. The minimum absolute atomic E-state index is 0.481. The molecule has 80 valence electrons. The summed E-state index contributed by atoms with van der Waals surface area (Å²) in [4.78, 5) is 4.03. The molecule has 0 amide bonds. The van der Waals surface area contributed by atoms with Gasteiger partial charge in [-0.2, -0.15) is 0 Å². The summed E-state index contributed by atoms with van der Waals surface area (Å²) in [5, 5.41) is 0. The average molecular weight is 195 g/mol. The molecule has 0 aromatic carbocycles. The monoisotopic (exact) mass is 195 g/mol. The van der Waals surface area contributed by atoms with Crippen LogP contribution in [0.15, 0.2) is 12.5 Å². The number of anilines is 1. The predicted octanol–water partition coefficient (Wildman–Crippen LogP) is 3.00. The Bertz CT molecular complexity index is 255. The lowest BCUT2D eigenvalue weighted by Gasteiger charge is -2.14. The van der Waals surface area contributed by atoms with Gasteiger partial charge in [-0.3, -0.25) is 0 Å². The number of imidazole rings is 1. The standard InChI is InChI=1S/C11H21N3/c1-3-4-5-6-7-10(2)14-9-13-8-11(14)12/h8-10H,3-7,12H2,1-2H3. The van der Waals surface area contributed by atoms with E-state index >= 15 is 0 Å². The molecule has 3 nitrogen and oxygen atoms in total. The van der Waals surface area contributed by atoms with E-state index in [2.05, 4.69) is 18.8 Å². The first kappa shape index (κ1) is 11.1. The van der Waals surface area contributed by atoms with Crippen LogP contribution < -0.4 is 5.73 Å². The van der Waals surface area contributed by atoms with Crippen molar-refractivity contribution >= 4 is 5.82 Å². The third kappa shape index (κ3) is 3.05. The summed E-state index contributed by atoms with van der Waals surface area (Å²) in [6.45, 7) is 4.43. The molecule has 0 saturated carbocycles.